The van der Waals surface area contributed by atoms with Crippen LogP contribution in [0.15, 0.2) is 72.8 Å². The van der Waals surface area contributed by atoms with Crippen molar-refractivity contribution in [3.8, 4) is 0 Å². The Morgan fingerprint density at radius 3 is 1.48 bits per heavy atom. The van der Waals surface area contributed by atoms with Crippen LogP contribution in [0.25, 0.3) is 12.2 Å². The molecule has 0 aliphatic rings. The molecule has 23 heavy (non-hydrogen) atoms. The maximum absolute atomic E-state index is 11.5. The molecule has 0 radical (unpaired) electrons. The molecule has 0 spiro atoms. The predicted molar refractivity (Wildman–Crippen MR) is 90.3 cm³/mol. The molecule has 0 fully saturated rings. The van der Waals surface area contributed by atoms with Gasteiger partial charge in [-0.15, -0.1) is 0 Å². The number of benzene rings is 2. The van der Waals surface area contributed by atoms with E-state index < -0.39 is 19.6 Å². The molecule has 0 saturated carbocycles. The maximum Gasteiger partial charge on any atom is 0.580 e. The Labute approximate surface area is 135 Å². The van der Waals surface area contributed by atoms with E-state index in [9.17, 15) is 9.59 Å². The maximum atomic E-state index is 11.5. The third-order valence-electron chi connectivity index (χ3n) is 2.83. The molecule has 0 bridgehead atoms. The van der Waals surface area contributed by atoms with Crippen molar-refractivity contribution in [3.63, 3.8) is 0 Å². The highest BCUT2D eigenvalue weighted by molar-refractivity contribution is 6.27. The molecular formula is C18H15BO4. The van der Waals surface area contributed by atoms with Crippen LogP contribution in [0.1, 0.15) is 11.1 Å². The zero-order chi connectivity index (χ0) is 16.3. The smallest absolute Gasteiger partial charge is 0.499 e. The highest BCUT2D eigenvalue weighted by atomic mass is 16.6. The highest BCUT2D eigenvalue weighted by Crippen LogP contribution is 2.02. The number of hydrogen-bond acceptors (Lipinski definition) is 4. The molecule has 4 nitrogen and oxygen atoms in total. The van der Waals surface area contributed by atoms with E-state index in [2.05, 4.69) is 0 Å². The Balaban J connectivity index is 1.70. The highest BCUT2D eigenvalue weighted by Gasteiger charge is 2.04. The Hall–Kier alpha value is -3.08. The van der Waals surface area contributed by atoms with Crippen LogP contribution >= 0.6 is 0 Å². The van der Waals surface area contributed by atoms with Gasteiger partial charge in [-0.3, -0.25) is 0 Å². The summed E-state index contributed by atoms with van der Waals surface area (Å²) in [7, 11) is -0.421. The molecule has 0 atom stereocenters. The summed E-state index contributed by atoms with van der Waals surface area (Å²) < 4.78 is 9.57. The molecule has 2 aromatic rings. The topological polar surface area (TPSA) is 52.6 Å². The quantitative estimate of drug-likeness (QED) is 0.608. The van der Waals surface area contributed by atoms with Crippen LogP contribution in [-0.2, 0) is 18.9 Å². The van der Waals surface area contributed by atoms with E-state index in [-0.39, 0.29) is 0 Å². The van der Waals surface area contributed by atoms with Crippen LogP contribution in [0.5, 0.6) is 0 Å². The van der Waals surface area contributed by atoms with E-state index >= 15 is 0 Å². The molecule has 0 saturated heterocycles. The normalized spacial score (nSPS) is 10.6. The second kappa shape index (κ2) is 9.05. The van der Waals surface area contributed by atoms with Gasteiger partial charge in [-0.05, 0) is 23.3 Å². The third-order valence-corrected chi connectivity index (χ3v) is 2.83. The molecule has 114 valence electrons. The van der Waals surface area contributed by atoms with Crippen molar-refractivity contribution in [2.75, 3.05) is 0 Å². The Morgan fingerprint density at radius 1 is 0.696 bits per heavy atom. The lowest BCUT2D eigenvalue weighted by molar-refractivity contribution is -0.133. The zero-order valence-corrected chi connectivity index (χ0v) is 12.4. The minimum Gasteiger partial charge on any atom is -0.499 e. The molecule has 0 unspecified atom stereocenters. The molecule has 0 amide bonds. The second-order valence-corrected chi connectivity index (χ2v) is 4.53. The van der Waals surface area contributed by atoms with Crippen molar-refractivity contribution in [2.24, 2.45) is 0 Å². The van der Waals surface area contributed by atoms with Gasteiger partial charge in [-0.1, -0.05) is 60.7 Å². The summed E-state index contributed by atoms with van der Waals surface area (Å²) in [4.78, 5) is 22.9. The van der Waals surface area contributed by atoms with Gasteiger partial charge in [0.2, 0.25) is 0 Å². The minimum absolute atomic E-state index is 0.421. The van der Waals surface area contributed by atoms with Gasteiger partial charge in [0.05, 0.1) is 0 Å². The van der Waals surface area contributed by atoms with Crippen LogP contribution in [0, 0.1) is 0 Å². The van der Waals surface area contributed by atoms with E-state index in [1.807, 2.05) is 60.7 Å². The van der Waals surface area contributed by atoms with Gasteiger partial charge in [-0.2, -0.15) is 0 Å². The second-order valence-electron chi connectivity index (χ2n) is 4.53. The fraction of sp³-hybridized carbons (Fsp3) is 0. The molecule has 2 rings (SSSR count). The van der Waals surface area contributed by atoms with Crippen molar-refractivity contribution >= 4 is 31.8 Å². The molecule has 5 heteroatoms. The van der Waals surface area contributed by atoms with Crippen LogP contribution in [0.2, 0.25) is 0 Å². The van der Waals surface area contributed by atoms with Gasteiger partial charge in [0.15, 0.2) is 0 Å². The van der Waals surface area contributed by atoms with Crippen molar-refractivity contribution in [3.05, 3.63) is 83.9 Å². The van der Waals surface area contributed by atoms with E-state index in [1.54, 1.807) is 12.2 Å². The SMILES string of the molecule is O=C(C=Cc1ccccc1)OBOC(=O)C=Cc1ccccc1. The van der Waals surface area contributed by atoms with Crippen LogP contribution in [0.4, 0.5) is 0 Å². The van der Waals surface area contributed by atoms with Gasteiger partial charge < -0.3 is 9.31 Å². The van der Waals surface area contributed by atoms with E-state index in [1.165, 1.54) is 12.2 Å². The van der Waals surface area contributed by atoms with Crippen molar-refractivity contribution in [1.82, 2.24) is 0 Å². The van der Waals surface area contributed by atoms with Crippen molar-refractivity contribution < 1.29 is 18.9 Å². The largest absolute Gasteiger partial charge is 0.580 e. The number of rotatable bonds is 6. The van der Waals surface area contributed by atoms with Gasteiger partial charge in [0.1, 0.15) is 0 Å². The number of carbonyl (C=O) groups is 2. The zero-order valence-electron chi connectivity index (χ0n) is 12.4. The average molecular weight is 306 g/mol. The summed E-state index contributed by atoms with van der Waals surface area (Å²) in [5, 5.41) is 0. The van der Waals surface area contributed by atoms with Crippen molar-refractivity contribution in [2.45, 2.75) is 0 Å². The monoisotopic (exact) mass is 306 g/mol. The number of hydrogen-bond donors (Lipinski definition) is 0. The summed E-state index contributed by atoms with van der Waals surface area (Å²) >= 11 is 0. The van der Waals surface area contributed by atoms with E-state index in [4.69, 9.17) is 9.31 Å². The van der Waals surface area contributed by atoms with Crippen LogP contribution in [0.3, 0.4) is 0 Å². The minimum atomic E-state index is -0.575. The first kappa shape index (κ1) is 16.3. The standard InChI is InChI=1S/C18H15BO4/c20-17(13-11-15-7-3-1-4-8-15)22-19-23-18(21)14-12-16-9-5-2-6-10-16/h1-14,19H. The fourth-order valence-electron chi connectivity index (χ4n) is 1.70. The van der Waals surface area contributed by atoms with Crippen molar-refractivity contribution in [1.29, 1.82) is 0 Å². The van der Waals surface area contributed by atoms with Gasteiger partial charge >= 0.3 is 19.6 Å². The first-order chi connectivity index (χ1) is 11.2. The van der Waals surface area contributed by atoms with E-state index in [0.29, 0.717) is 0 Å². The third kappa shape index (κ3) is 6.48. The Bertz CT molecular complexity index is 632. The lowest BCUT2D eigenvalue weighted by Gasteiger charge is -2.00. The first-order valence-corrected chi connectivity index (χ1v) is 7.04. The summed E-state index contributed by atoms with van der Waals surface area (Å²) in [5.41, 5.74) is 1.76. The van der Waals surface area contributed by atoms with Crippen LogP contribution in [-0.4, -0.2) is 19.6 Å². The van der Waals surface area contributed by atoms with Crippen LogP contribution < -0.4 is 0 Å². The summed E-state index contributed by atoms with van der Waals surface area (Å²) in [6.07, 6.45) is 5.81. The summed E-state index contributed by atoms with van der Waals surface area (Å²) in [6, 6.07) is 18.7. The molecule has 0 aliphatic heterocycles. The average Bonchev–Trinajstić information content (AvgIpc) is 2.60. The summed E-state index contributed by atoms with van der Waals surface area (Å²) in [6.45, 7) is 0. The Morgan fingerprint density at radius 2 is 1.09 bits per heavy atom. The molecule has 0 heterocycles. The Kier molecular flexibility index (Phi) is 6.41. The molecular weight excluding hydrogens is 291 g/mol. The fourth-order valence-corrected chi connectivity index (χ4v) is 1.70. The lowest BCUT2D eigenvalue weighted by atomic mass is 10.2. The van der Waals surface area contributed by atoms with Gasteiger partial charge in [0, 0.05) is 12.2 Å². The first-order valence-electron chi connectivity index (χ1n) is 7.04. The molecule has 0 aliphatic carbocycles. The summed E-state index contributed by atoms with van der Waals surface area (Å²) in [5.74, 6) is -1.15. The molecule has 0 N–H and O–H groups in total. The van der Waals surface area contributed by atoms with Gasteiger partial charge in [-0.25, -0.2) is 9.59 Å². The number of carbonyl (C=O) groups excluding carboxylic acids is 2. The lowest BCUT2D eigenvalue weighted by Crippen LogP contribution is -2.13. The molecule has 2 aromatic carbocycles. The van der Waals surface area contributed by atoms with E-state index in [0.717, 1.165) is 11.1 Å². The van der Waals surface area contributed by atoms with Gasteiger partial charge in [0.25, 0.3) is 0 Å². The molecule has 0 aromatic heterocycles. The predicted octanol–water partition coefficient (Wildman–Crippen LogP) is 2.77.